The van der Waals surface area contributed by atoms with Crippen LogP contribution < -0.4 is 4.74 Å². The predicted molar refractivity (Wildman–Crippen MR) is 106 cm³/mol. The molecule has 0 saturated carbocycles. The first-order chi connectivity index (χ1) is 13.1. The second kappa shape index (κ2) is 8.83. The zero-order valence-electron chi connectivity index (χ0n) is 14.4. The molecule has 136 valence electrons. The van der Waals surface area contributed by atoms with Crippen LogP contribution in [0.5, 0.6) is 5.88 Å². The number of nitrogens with zero attached hydrogens (tertiary/aromatic N) is 3. The molecule has 0 amide bonds. The standard InChI is InChI=1S/C20H15Cl2N3O2/c1-13-4-6-14(7-5-13)18-20(27-11-3-2-10-26)23-19(25-24-18)16-9-8-15(21)12-17(16)22/h4-9,12,26H,10-11H2,1H3. The fraction of sp³-hybridized carbons (Fsp3) is 0.150. The van der Waals surface area contributed by atoms with Crippen molar-refractivity contribution in [3.63, 3.8) is 0 Å². The van der Waals surface area contributed by atoms with Crippen LogP contribution in [-0.2, 0) is 0 Å². The minimum atomic E-state index is -0.234. The van der Waals surface area contributed by atoms with E-state index in [4.69, 9.17) is 33.0 Å². The smallest absolute Gasteiger partial charge is 0.245 e. The Morgan fingerprint density at radius 2 is 1.81 bits per heavy atom. The molecule has 0 aliphatic rings. The van der Waals surface area contributed by atoms with Crippen LogP contribution in [-0.4, -0.2) is 33.5 Å². The Kier molecular flexibility index (Phi) is 6.25. The van der Waals surface area contributed by atoms with Gasteiger partial charge in [-0.25, -0.2) is 0 Å². The molecule has 0 saturated heterocycles. The van der Waals surface area contributed by atoms with E-state index >= 15 is 0 Å². The van der Waals surface area contributed by atoms with Gasteiger partial charge >= 0.3 is 0 Å². The summed E-state index contributed by atoms with van der Waals surface area (Å²) >= 11 is 12.2. The summed E-state index contributed by atoms with van der Waals surface area (Å²) in [4.78, 5) is 4.48. The number of benzene rings is 2. The Morgan fingerprint density at radius 3 is 2.52 bits per heavy atom. The van der Waals surface area contributed by atoms with Gasteiger partial charge in [0.05, 0.1) is 5.02 Å². The number of halogens is 2. The molecule has 3 rings (SSSR count). The Morgan fingerprint density at radius 1 is 1.04 bits per heavy atom. The van der Waals surface area contributed by atoms with Crippen molar-refractivity contribution in [3.8, 4) is 40.4 Å². The Bertz CT molecular complexity index is 1010. The third kappa shape index (κ3) is 4.75. The van der Waals surface area contributed by atoms with Crippen LogP contribution in [0.4, 0.5) is 0 Å². The van der Waals surface area contributed by atoms with Crippen LogP contribution in [0.15, 0.2) is 42.5 Å². The average molecular weight is 400 g/mol. The second-order valence-electron chi connectivity index (χ2n) is 5.58. The van der Waals surface area contributed by atoms with Gasteiger partial charge in [-0.05, 0) is 25.1 Å². The van der Waals surface area contributed by atoms with E-state index in [9.17, 15) is 0 Å². The molecule has 1 aromatic heterocycles. The van der Waals surface area contributed by atoms with Gasteiger partial charge in [0.15, 0.2) is 18.1 Å². The highest BCUT2D eigenvalue weighted by Gasteiger charge is 2.15. The van der Waals surface area contributed by atoms with Crippen molar-refractivity contribution in [3.05, 3.63) is 58.1 Å². The minimum absolute atomic E-state index is 0.0614. The lowest BCUT2D eigenvalue weighted by atomic mass is 10.1. The molecule has 0 atom stereocenters. The number of rotatable bonds is 4. The first-order valence-corrected chi connectivity index (χ1v) is 8.80. The third-order valence-electron chi connectivity index (χ3n) is 3.64. The highest BCUT2D eigenvalue weighted by atomic mass is 35.5. The molecule has 1 heterocycles. The normalized spacial score (nSPS) is 10.2. The molecule has 0 radical (unpaired) electrons. The quantitative estimate of drug-likeness (QED) is 0.665. The molecule has 0 fully saturated rings. The molecular weight excluding hydrogens is 385 g/mol. The van der Waals surface area contributed by atoms with Crippen molar-refractivity contribution in [2.45, 2.75) is 6.92 Å². The maximum absolute atomic E-state index is 8.78. The van der Waals surface area contributed by atoms with E-state index in [0.717, 1.165) is 11.1 Å². The molecule has 0 bridgehead atoms. The molecule has 5 nitrogen and oxygen atoms in total. The predicted octanol–water partition coefficient (Wildman–Crippen LogP) is 4.20. The van der Waals surface area contributed by atoms with Gasteiger partial charge in [-0.1, -0.05) is 64.9 Å². The van der Waals surface area contributed by atoms with E-state index < -0.39 is 0 Å². The maximum Gasteiger partial charge on any atom is 0.245 e. The molecule has 3 aromatic rings. The highest BCUT2D eigenvalue weighted by Crippen LogP contribution is 2.31. The SMILES string of the molecule is Cc1ccc(-c2nnc(-c3ccc(Cl)cc3Cl)nc2OCC#CCO)cc1. The van der Waals surface area contributed by atoms with Crippen molar-refractivity contribution in [1.29, 1.82) is 0 Å². The zero-order chi connectivity index (χ0) is 19.2. The molecule has 2 aromatic carbocycles. The Labute approximate surface area is 167 Å². The van der Waals surface area contributed by atoms with Gasteiger partial charge in [-0.3, -0.25) is 0 Å². The van der Waals surface area contributed by atoms with E-state index in [1.165, 1.54) is 0 Å². The van der Waals surface area contributed by atoms with Gasteiger partial charge in [-0.15, -0.1) is 10.2 Å². The summed E-state index contributed by atoms with van der Waals surface area (Å²) in [5, 5.41) is 18.2. The van der Waals surface area contributed by atoms with E-state index in [1.807, 2.05) is 31.2 Å². The van der Waals surface area contributed by atoms with E-state index in [-0.39, 0.29) is 19.1 Å². The number of ether oxygens (including phenoxy) is 1. The van der Waals surface area contributed by atoms with Crippen molar-refractivity contribution in [2.24, 2.45) is 0 Å². The van der Waals surface area contributed by atoms with Crippen LogP contribution in [0.1, 0.15) is 5.56 Å². The first-order valence-electron chi connectivity index (χ1n) is 8.05. The molecule has 0 unspecified atom stereocenters. The summed E-state index contributed by atoms with van der Waals surface area (Å²) in [7, 11) is 0. The van der Waals surface area contributed by atoms with Crippen LogP contribution in [0.3, 0.4) is 0 Å². The molecule has 27 heavy (non-hydrogen) atoms. The van der Waals surface area contributed by atoms with Gasteiger partial charge in [0, 0.05) is 16.1 Å². The molecule has 7 heteroatoms. The number of aliphatic hydroxyl groups excluding tert-OH is 1. The zero-order valence-corrected chi connectivity index (χ0v) is 15.9. The van der Waals surface area contributed by atoms with Gasteiger partial charge in [0.25, 0.3) is 0 Å². The van der Waals surface area contributed by atoms with Crippen LogP contribution in [0.25, 0.3) is 22.6 Å². The van der Waals surface area contributed by atoms with Gasteiger partial charge < -0.3 is 9.84 Å². The van der Waals surface area contributed by atoms with Crippen LogP contribution >= 0.6 is 23.2 Å². The minimum Gasteiger partial charge on any atom is -0.463 e. The number of hydrogen-bond donors (Lipinski definition) is 1. The summed E-state index contributed by atoms with van der Waals surface area (Å²) in [5.74, 6) is 5.82. The first kappa shape index (κ1) is 19.1. The third-order valence-corrected chi connectivity index (χ3v) is 4.18. The van der Waals surface area contributed by atoms with E-state index in [0.29, 0.717) is 27.1 Å². The molecule has 1 N–H and O–H groups in total. The molecule has 0 spiro atoms. The Hall–Kier alpha value is -2.65. The van der Waals surface area contributed by atoms with Gasteiger partial charge in [-0.2, -0.15) is 4.98 Å². The average Bonchev–Trinajstić information content (AvgIpc) is 2.66. The van der Waals surface area contributed by atoms with Crippen LogP contribution in [0, 0.1) is 18.8 Å². The second-order valence-corrected chi connectivity index (χ2v) is 6.42. The van der Waals surface area contributed by atoms with Crippen molar-refractivity contribution < 1.29 is 9.84 Å². The lowest BCUT2D eigenvalue weighted by Crippen LogP contribution is -2.04. The largest absolute Gasteiger partial charge is 0.463 e. The lowest BCUT2D eigenvalue weighted by molar-refractivity contribution is 0.344. The Balaban J connectivity index is 2.04. The van der Waals surface area contributed by atoms with Crippen molar-refractivity contribution in [2.75, 3.05) is 13.2 Å². The lowest BCUT2D eigenvalue weighted by Gasteiger charge is -2.10. The topological polar surface area (TPSA) is 68.1 Å². The van der Waals surface area contributed by atoms with Crippen LogP contribution in [0.2, 0.25) is 10.0 Å². The number of aryl methyl sites for hydroxylation is 1. The van der Waals surface area contributed by atoms with Gasteiger partial charge in [0.2, 0.25) is 5.88 Å². The maximum atomic E-state index is 8.78. The monoisotopic (exact) mass is 399 g/mol. The van der Waals surface area contributed by atoms with E-state index in [1.54, 1.807) is 18.2 Å². The van der Waals surface area contributed by atoms with E-state index in [2.05, 4.69) is 27.0 Å². The number of aromatic nitrogens is 3. The summed E-state index contributed by atoms with van der Waals surface area (Å²) in [6.45, 7) is 1.83. The van der Waals surface area contributed by atoms with Crippen molar-refractivity contribution >= 4 is 23.2 Å². The summed E-state index contributed by atoms with van der Waals surface area (Å²) in [6, 6.07) is 12.8. The number of hydrogen-bond acceptors (Lipinski definition) is 5. The summed E-state index contributed by atoms with van der Waals surface area (Å²) in [6.07, 6.45) is 0. The van der Waals surface area contributed by atoms with Crippen molar-refractivity contribution in [1.82, 2.24) is 15.2 Å². The number of aliphatic hydroxyl groups is 1. The fourth-order valence-corrected chi connectivity index (χ4v) is 2.79. The highest BCUT2D eigenvalue weighted by molar-refractivity contribution is 6.36. The molecule has 0 aliphatic heterocycles. The fourth-order valence-electron chi connectivity index (χ4n) is 2.30. The van der Waals surface area contributed by atoms with Gasteiger partial charge in [0.1, 0.15) is 6.61 Å². The summed E-state index contributed by atoms with van der Waals surface area (Å²) in [5.41, 5.74) is 3.03. The molecule has 0 aliphatic carbocycles. The molecular formula is C20H15Cl2N3O2. The summed E-state index contributed by atoms with van der Waals surface area (Å²) < 4.78 is 5.68.